The standard InChI is InChI=1S/C20H22FN3O2S/c1-11(17(25)23-15-6-4-14(21)5-7-15)19-8-20(9-19,10-19)24-18(26)16-12(2)22-13(3)27-16/h4-7,11H,8-10H2,1-3H3,(H,23,25)(H,24,26). The lowest BCUT2D eigenvalue weighted by molar-refractivity contribution is -0.184. The Morgan fingerprint density at radius 3 is 2.37 bits per heavy atom. The summed E-state index contributed by atoms with van der Waals surface area (Å²) in [6.07, 6.45) is 2.46. The quantitative estimate of drug-likeness (QED) is 0.819. The van der Waals surface area contributed by atoms with Crippen molar-refractivity contribution in [3.63, 3.8) is 0 Å². The van der Waals surface area contributed by atoms with E-state index in [0.717, 1.165) is 30.0 Å². The summed E-state index contributed by atoms with van der Waals surface area (Å²) in [6.45, 7) is 5.68. The van der Waals surface area contributed by atoms with Gasteiger partial charge in [-0.15, -0.1) is 11.3 Å². The Bertz CT molecular complexity index is 902. The van der Waals surface area contributed by atoms with Gasteiger partial charge >= 0.3 is 0 Å². The summed E-state index contributed by atoms with van der Waals surface area (Å²) in [5.41, 5.74) is 1.14. The molecule has 0 saturated heterocycles. The lowest BCUT2D eigenvalue weighted by Gasteiger charge is -2.72. The molecule has 27 heavy (non-hydrogen) atoms. The van der Waals surface area contributed by atoms with Crippen LogP contribution in [0.5, 0.6) is 0 Å². The molecule has 0 radical (unpaired) electrons. The zero-order valence-corrected chi connectivity index (χ0v) is 16.4. The first kappa shape index (κ1) is 18.1. The van der Waals surface area contributed by atoms with Gasteiger partial charge in [0, 0.05) is 17.1 Å². The zero-order chi connectivity index (χ0) is 19.4. The number of nitrogens with zero attached hydrogens (tertiary/aromatic N) is 1. The number of anilines is 1. The van der Waals surface area contributed by atoms with Gasteiger partial charge in [-0.1, -0.05) is 6.92 Å². The highest BCUT2D eigenvalue weighted by Gasteiger charge is 2.71. The van der Waals surface area contributed by atoms with Crippen LogP contribution in [0.3, 0.4) is 0 Å². The van der Waals surface area contributed by atoms with Crippen molar-refractivity contribution in [2.45, 2.75) is 45.6 Å². The molecular formula is C20H22FN3O2S. The Balaban J connectivity index is 1.34. The van der Waals surface area contributed by atoms with Crippen molar-refractivity contribution >= 4 is 28.8 Å². The van der Waals surface area contributed by atoms with Crippen LogP contribution in [0, 0.1) is 31.0 Å². The second-order valence-corrected chi connectivity index (χ2v) is 9.20. The molecule has 142 valence electrons. The molecule has 5 nitrogen and oxygen atoms in total. The number of thiazole rings is 1. The number of carbonyl (C=O) groups excluding carboxylic acids is 2. The zero-order valence-electron chi connectivity index (χ0n) is 15.6. The van der Waals surface area contributed by atoms with Crippen LogP contribution < -0.4 is 10.6 Å². The van der Waals surface area contributed by atoms with Gasteiger partial charge in [-0.25, -0.2) is 9.37 Å². The molecule has 2 N–H and O–H groups in total. The van der Waals surface area contributed by atoms with E-state index < -0.39 is 0 Å². The van der Waals surface area contributed by atoms with Crippen molar-refractivity contribution < 1.29 is 14.0 Å². The predicted octanol–water partition coefficient (Wildman–Crippen LogP) is 3.83. The van der Waals surface area contributed by atoms with Gasteiger partial charge in [0.25, 0.3) is 5.91 Å². The average Bonchev–Trinajstić information content (AvgIpc) is 2.89. The third-order valence-electron chi connectivity index (χ3n) is 5.98. The fourth-order valence-electron chi connectivity index (χ4n) is 4.56. The number of benzene rings is 1. The van der Waals surface area contributed by atoms with Crippen LogP contribution in [0.4, 0.5) is 10.1 Å². The fourth-order valence-corrected chi connectivity index (χ4v) is 5.37. The number of rotatable bonds is 5. The number of halogens is 1. The minimum atomic E-state index is -0.329. The molecule has 1 aromatic heterocycles. The molecular weight excluding hydrogens is 365 g/mol. The highest BCUT2D eigenvalue weighted by molar-refractivity contribution is 7.13. The van der Waals surface area contributed by atoms with E-state index in [-0.39, 0.29) is 34.5 Å². The van der Waals surface area contributed by atoms with Gasteiger partial charge in [0.05, 0.1) is 10.7 Å². The Labute approximate surface area is 161 Å². The number of aryl methyl sites for hydroxylation is 2. The van der Waals surface area contributed by atoms with Crippen molar-refractivity contribution in [3.05, 3.63) is 45.7 Å². The Morgan fingerprint density at radius 1 is 1.19 bits per heavy atom. The van der Waals surface area contributed by atoms with Crippen LogP contribution in [0.2, 0.25) is 0 Å². The molecule has 2 amide bonds. The molecule has 0 aliphatic heterocycles. The maximum absolute atomic E-state index is 13.0. The van der Waals surface area contributed by atoms with Gasteiger partial charge in [0.1, 0.15) is 10.7 Å². The van der Waals surface area contributed by atoms with Crippen LogP contribution in [-0.4, -0.2) is 22.3 Å². The summed E-state index contributed by atoms with van der Waals surface area (Å²) in [5.74, 6) is -0.608. The molecule has 3 aliphatic rings. The second kappa shape index (κ2) is 6.12. The number of nitrogens with one attached hydrogen (secondary N) is 2. The molecule has 5 rings (SSSR count). The molecule has 3 aliphatic carbocycles. The van der Waals surface area contributed by atoms with E-state index in [1.165, 1.54) is 23.5 Å². The summed E-state index contributed by atoms with van der Waals surface area (Å²) in [7, 11) is 0. The van der Waals surface area contributed by atoms with Crippen molar-refractivity contribution in [3.8, 4) is 0 Å². The number of aromatic nitrogens is 1. The maximum Gasteiger partial charge on any atom is 0.263 e. The Kier molecular flexibility index (Phi) is 4.10. The molecule has 3 fully saturated rings. The van der Waals surface area contributed by atoms with Crippen LogP contribution in [0.1, 0.15) is 46.6 Å². The van der Waals surface area contributed by atoms with E-state index in [1.54, 1.807) is 12.1 Å². The minimum Gasteiger partial charge on any atom is -0.346 e. The fraction of sp³-hybridized carbons (Fsp3) is 0.450. The number of hydrogen-bond acceptors (Lipinski definition) is 4. The van der Waals surface area contributed by atoms with E-state index in [4.69, 9.17) is 0 Å². The molecule has 7 heteroatoms. The maximum atomic E-state index is 13.0. The van der Waals surface area contributed by atoms with E-state index in [0.29, 0.717) is 10.6 Å². The molecule has 0 spiro atoms. The van der Waals surface area contributed by atoms with E-state index >= 15 is 0 Å². The van der Waals surface area contributed by atoms with Crippen molar-refractivity contribution in [1.29, 1.82) is 0 Å². The SMILES string of the molecule is Cc1nc(C)c(C(=O)NC23CC(C(C)C(=O)Nc4ccc(F)cc4)(C2)C3)s1. The molecule has 1 atom stereocenters. The van der Waals surface area contributed by atoms with Crippen molar-refractivity contribution in [1.82, 2.24) is 10.3 Å². The van der Waals surface area contributed by atoms with E-state index in [1.807, 2.05) is 20.8 Å². The summed E-state index contributed by atoms with van der Waals surface area (Å²) < 4.78 is 13.0. The lowest BCUT2D eigenvalue weighted by Crippen LogP contribution is -2.77. The van der Waals surface area contributed by atoms with Crippen LogP contribution in [0.15, 0.2) is 24.3 Å². The highest BCUT2D eigenvalue weighted by Crippen LogP contribution is 2.70. The van der Waals surface area contributed by atoms with Gasteiger partial charge in [0.15, 0.2) is 0 Å². The van der Waals surface area contributed by atoms with Crippen molar-refractivity contribution in [2.24, 2.45) is 11.3 Å². The second-order valence-electron chi connectivity index (χ2n) is 7.99. The average molecular weight is 387 g/mol. The van der Waals surface area contributed by atoms with Gasteiger partial charge in [-0.05, 0) is 62.8 Å². The van der Waals surface area contributed by atoms with Gasteiger partial charge in [-0.3, -0.25) is 9.59 Å². The Hall–Kier alpha value is -2.28. The van der Waals surface area contributed by atoms with Gasteiger partial charge < -0.3 is 10.6 Å². The molecule has 1 unspecified atom stereocenters. The van der Waals surface area contributed by atoms with Gasteiger partial charge in [0.2, 0.25) is 5.91 Å². The number of amides is 2. The van der Waals surface area contributed by atoms with Crippen LogP contribution in [-0.2, 0) is 4.79 Å². The molecule has 3 saturated carbocycles. The third-order valence-corrected chi connectivity index (χ3v) is 7.06. The highest BCUT2D eigenvalue weighted by atomic mass is 32.1. The lowest BCUT2D eigenvalue weighted by atomic mass is 9.36. The molecule has 2 bridgehead atoms. The largest absolute Gasteiger partial charge is 0.346 e. The molecule has 1 heterocycles. The Morgan fingerprint density at radius 2 is 1.81 bits per heavy atom. The number of hydrogen-bond donors (Lipinski definition) is 2. The topological polar surface area (TPSA) is 71.1 Å². The summed E-state index contributed by atoms with van der Waals surface area (Å²) >= 11 is 1.41. The summed E-state index contributed by atoms with van der Waals surface area (Å²) in [6, 6.07) is 5.77. The van der Waals surface area contributed by atoms with Crippen LogP contribution >= 0.6 is 11.3 Å². The van der Waals surface area contributed by atoms with E-state index in [2.05, 4.69) is 15.6 Å². The normalized spacial score (nSPS) is 26.5. The number of carbonyl (C=O) groups is 2. The molecule has 2 aromatic rings. The first-order chi connectivity index (χ1) is 12.7. The first-order valence-corrected chi connectivity index (χ1v) is 9.87. The first-order valence-electron chi connectivity index (χ1n) is 9.05. The summed E-state index contributed by atoms with van der Waals surface area (Å²) in [5, 5.41) is 6.91. The molecule has 1 aromatic carbocycles. The van der Waals surface area contributed by atoms with E-state index in [9.17, 15) is 14.0 Å². The van der Waals surface area contributed by atoms with Crippen LogP contribution in [0.25, 0.3) is 0 Å². The summed E-state index contributed by atoms with van der Waals surface area (Å²) in [4.78, 5) is 30.1. The van der Waals surface area contributed by atoms with Gasteiger partial charge in [-0.2, -0.15) is 0 Å². The third kappa shape index (κ3) is 3.04. The minimum absolute atomic E-state index is 0.0456. The van der Waals surface area contributed by atoms with Crippen molar-refractivity contribution in [2.75, 3.05) is 5.32 Å². The smallest absolute Gasteiger partial charge is 0.263 e. The monoisotopic (exact) mass is 387 g/mol. The predicted molar refractivity (Wildman–Crippen MR) is 102 cm³/mol.